The van der Waals surface area contributed by atoms with Crippen LogP contribution >= 0.6 is 0 Å². The molecule has 2 nitrogen and oxygen atoms in total. The van der Waals surface area contributed by atoms with Gasteiger partial charge in [-0.05, 0) is 19.8 Å². The van der Waals surface area contributed by atoms with Crippen LogP contribution in [0, 0.1) is 11.8 Å². The first-order valence-corrected chi connectivity index (χ1v) is 10.9. The Hall–Kier alpha value is -0.660. The molecule has 0 radical (unpaired) electrons. The molecule has 0 N–H and O–H groups in total. The van der Waals surface area contributed by atoms with Gasteiger partial charge in [0.2, 0.25) is 0 Å². The van der Waals surface area contributed by atoms with Gasteiger partial charge in [0.15, 0.2) is 0 Å². The van der Waals surface area contributed by atoms with E-state index in [1.54, 1.807) is 6.92 Å². The standard InChI is InChI=1S/C19H38O.C4H8O/c1-5-7-9-11-13-15-17(3)19(20)18(4)16-14-12-10-8-6-2;1-3-4(2)5/h17-18H,5-16H2,1-4H3;3H2,1-2H3. The fourth-order valence-electron chi connectivity index (χ4n) is 2.88. The van der Waals surface area contributed by atoms with Crippen LogP contribution < -0.4 is 0 Å². The molecule has 0 rings (SSSR count). The van der Waals surface area contributed by atoms with Gasteiger partial charge in [0.05, 0.1) is 0 Å². The zero-order chi connectivity index (χ0) is 19.5. The van der Waals surface area contributed by atoms with Gasteiger partial charge in [-0.2, -0.15) is 0 Å². The second-order valence-corrected chi connectivity index (χ2v) is 7.67. The Labute approximate surface area is 158 Å². The lowest BCUT2D eigenvalue weighted by molar-refractivity contribution is -0.126. The van der Waals surface area contributed by atoms with Crippen molar-refractivity contribution in [2.45, 2.75) is 125 Å². The average Bonchev–Trinajstić information content (AvgIpc) is 2.60. The molecular formula is C23H46O2. The normalized spacial score (nSPS) is 12.9. The van der Waals surface area contributed by atoms with Crippen LogP contribution in [0.4, 0.5) is 0 Å². The highest BCUT2D eigenvalue weighted by atomic mass is 16.1. The van der Waals surface area contributed by atoms with Crippen molar-refractivity contribution >= 4 is 11.6 Å². The Morgan fingerprint density at radius 1 is 0.640 bits per heavy atom. The number of unbranched alkanes of at least 4 members (excludes halogenated alkanes) is 8. The highest BCUT2D eigenvalue weighted by Crippen LogP contribution is 2.20. The predicted octanol–water partition coefficient (Wildman–Crippen LogP) is 7.53. The minimum absolute atomic E-state index is 0.255. The summed E-state index contributed by atoms with van der Waals surface area (Å²) >= 11 is 0. The zero-order valence-electron chi connectivity index (χ0n) is 18.2. The summed E-state index contributed by atoms with van der Waals surface area (Å²) in [5.41, 5.74) is 0. The predicted molar refractivity (Wildman–Crippen MR) is 111 cm³/mol. The Balaban J connectivity index is 0. The number of carbonyl (C=O) groups is 2. The highest BCUT2D eigenvalue weighted by Gasteiger charge is 2.19. The van der Waals surface area contributed by atoms with Crippen LogP contribution in [0.3, 0.4) is 0 Å². The van der Waals surface area contributed by atoms with E-state index in [0.29, 0.717) is 12.2 Å². The molecule has 2 unspecified atom stereocenters. The van der Waals surface area contributed by atoms with Gasteiger partial charge < -0.3 is 4.79 Å². The molecule has 0 bridgehead atoms. The van der Waals surface area contributed by atoms with Crippen LogP contribution in [-0.4, -0.2) is 11.6 Å². The third kappa shape index (κ3) is 19.5. The quantitative estimate of drug-likeness (QED) is 0.285. The number of carbonyl (C=O) groups excluding carboxylic acids is 2. The van der Waals surface area contributed by atoms with Gasteiger partial charge in [-0.3, -0.25) is 4.79 Å². The highest BCUT2D eigenvalue weighted by molar-refractivity contribution is 5.82. The van der Waals surface area contributed by atoms with Crippen LogP contribution in [0.1, 0.15) is 125 Å². The van der Waals surface area contributed by atoms with Crippen molar-refractivity contribution in [3.8, 4) is 0 Å². The molecule has 0 saturated carbocycles. The molecule has 0 aliphatic heterocycles. The van der Waals surface area contributed by atoms with E-state index in [-0.39, 0.29) is 17.6 Å². The van der Waals surface area contributed by atoms with Gasteiger partial charge in [-0.15, -0.1) is 0 Å². The first kappa shape index (κ1) is 26.6. The number of hydrogen-bond donors (Lipinski definition) is 0. The third-order valence-corrected chi connectivity index (χ3v) is 4.95. The van der Waals surface area contributed by atoms with Gasteiger partial charge >= 0.3 is 0 Å². The van der Waals surface area contributed by atoms with E-state index in [0.717, 1.165) is 12.8 Å². The summed E-state index contributed by atoms with van der Waals surface area (Å²) in [6.07, 6.45) is 15.9. The summed E-state index contributed by atoms with van der Waals surface area (Å²) in [6.45, 7) is 12.2. The maximum Gasteiger partial charge on any atom is 0.138 e. The molecule has 0 fully saturated rings. The summed E-state index contributed by atoms with van der Waals surface area (Å²) in [5.74, 6) is 1.32. The van der Waals surface area contributed by atoms with E-state index in [9.17, 15) is 9.59 Å². The Kier molecular flexibility index (Phi) is 20.9. The molecule has 0 heterocycles. The molecule has 0 aliphatic carbocycles. The number of ketones is 2. The minimum Gasteiger partial charge on any atom is -0.300 e. The summed E-state index contributed by atoms with van der Waals surface area (Å²) in [7, 11) is 0. The maximum atomic E-state index is 12.3. The van der Waals surface area contributed by atoms with Crippen molar-refractivity contribution in [1.82, 2.24) is 0 Å². The molecule has 0 aliphatic rings. The number of hydrogen-bond acceptors (Lipinski definition) is 2. The third-order valence-electron chi connectivity index (χ3n) is 4.95. The molecule has 25 heavy (non-hydrogen) atoms. The van der Waals surface area contributed by atoms with Crippen molar-refractivity contribution in [2.24, 2.45) is 11.8 Å². The van der Waals surface area contributed by atoms with Gasteiger partial charge in [0, 0.05) is 18.3 Å². The average molecular weight is 355 g/mol. The van der Waals surface area contributed by atoms with E-state index in [4.69, 9.17) is 0 Å². The first-order valence-electron chi connectivity index (χ1n) is 10.9. The van der Waals surface area contributed by atoms with Gasteiger partial charge in [0.1, 0.15) is 11.6 Å². The Morgan fingerprint density at radius 2 is 0.960 bits per heavy atom. The van der Waals surface area contributed by atoms with Gasteiger partial charge in [-0.25, -0.2) is 0 Å². The monoisotopic (exact) mass is 354 g/mol. The molecule has 0 amide bonds. The lowest BCUT2D eigenvalue weighted by Gasteiger charge is -2.16. The SMILES string of the molecule is CCC(C)=O.CCCCCCCC(C)C(=O)C(C)CCCCCCC. The fraction of sp³-hybridized carbons (Fsp3) is 0.913. The van der Waals surface area contributed by atoms with Crippen LogP contribution in [0.15, 0.2) is 0 Å². The van der Waals surface area contributed by atoms with Crippen molar-refractivity contribution < 1.29 is 9.59 Å². The molecule has 0 saturated heterocycles. The van der Waals surface area contributed by atoms with E-state index < -0.39 is 0 Å². The summed E-state index contributed by atoms with van der Waals surface area (Å²) in [6, 6.07) is 0. The molecule has 0 aromatic rings. The molecular weight excluding hydrogens is 308 g/mol. The summed E-state index contributed by atoms with van der Waals surface area (Å²) in [5, 5.41) is 0. The first-order chi connectivity index (χ1) is 11.9. The summed E-state index contributed by atoms with van der Waals surface area (Å²) < 4.78 is 0. The van der Waals surface area contributed by atoms with E-state index >= 15 is 0 Å². The Bertz CT molecular complexity index is 287. The van der Waals surface area contributed by atoms with E-state index in [1.807, 2.05) is 6.92 Å². The summed E-state index contributed by atoms with van der Waals surface area (Å²) in [4.78, 5) is 22.1. The second kappa shape index (κ2) is 19.7. The fourth-order valence-corrected chi connectivity index (χ4v) is 2.88. The van der Waals surface area contributed by atoms with E-state index in [2.05, 4.69) is 27.7 Å². The Morgan fingerprint density at radius 3 is 1.24 bits per heavy atom. The molecule has 2 heteroatoms. The molecule has 0 aromatic carbocycles. The van der Waals surface area contributed by atoms with Crippen LogP contribution in [0.25, 0.3) is 0 Å². The van der Waals surface area contributed by atoms with Gasteiger partial charge in [-0.1, -0.05) is 98.8 Å². The van der Waals surface area contributed by atoms with Gasteiger partial charge in [0.25, 0.3) is 0 Å². The smallest absolute Gasteiger partial charge is 0.138 e. The van der Waals surface area contributed by atoms with Crippen LogP contribution in [0.5, 0.6) is 0 Å². The molecule has 0 spiro atoms. The van der Waals surface area contributed by atoms with Crippen molar-refractivity contribution in [3.05, 3.63) is 0 Å². The minimum atomic E-state index is 0.255. The molecule has 150 valence electrons. The van der Waals surface area contributed by atoms with Crippen LogP contribution in [0.2, 0.25) is 0 Å². The van der Waals surface area contributed by atoms with Crippen molar-refractivity contribution in [3.63, 3.8) is 0 Å². The maximum absolute atomic E-state index is 12.3. The second-order valence-electron chi connectivity index (χ2n) is 7.67. The molecule has 0 aromatic heterocycles. The van der Waals surface area contributed by atoms with E-state index in [1.165, 1.54) is 64.2 Å². The largest absolute Gasteiger partial charge is 0.300 e. The zero-order valence-corrected chi connectivity index (χ0v) is 18.2. The van der Waals surface area contributed by atoms with Crippen LogP contribution in [-0.2, 0) is 9.59 Å². The topological polar surface area (TPSA) is 34.1 Å². The lowest BCUT2D eigenvalue weighted by Crippen LogP contribution is -2.19. The number of Topliss-reactive ketones (excluding diaryl/α,β-unsaturated/α-hetero) is 2. The molecule has 2 atom stereocenters. The number of rotatable bonds is 15. The van der Waals surface area contributed by atoms with Crippen molar-refractivity contribution in [2.75, 3.05) is 0 Å². The van der Waals surface area contributed by atoms with Crippen molar-refractivity contribution in [1.29, 1.82) is 0 Å². The lowest BCUT2D eigenvalue weighted by atomic mass is 9.88.